The Labute approximate surface area is 534 Å². The number of carbonyl (C=O) groups excluding carboxylic acids is 1. The quantitative estimate of drug-likeness (QED) is 0.0197. The number of aromatic carboxylic acids is 1. The number of hydrogen-bond donors (Lipinski definition) is 2. The van der Waals surface area contributed by atoms with Crippen molar-refractivity contribution in [2.24, 2.45) is 35.5 Å². The molecule has 4 aromatic rings. The number of esters is 1. The Morgan fingerprint density at radius 3 is 1.22 bits per heavy atom. The van der Waals surface area contributed by atoms with Gasteiger partial charge in [-0.2, -0.15) is 0 Å². The number of carboxylic acids is 1. The van der Waals surface area contributed by atoms with Crippen LogP contribution in [0.1, 0.15) is 274 Å². The molecule has 4 aromatic carbocycles. The van der Waals surface area contributed by atoms with Gasteiger partial charge in [0.05, 0.1) is 11.1 Å². The third kappa shape index (κ3) is 25.1. The summed E-state index contributed by atoms with van der Waals surface area (Å²) in [5, 5.41) is 37.5. The second-order valence-corrected chi connectivity index (χ2v) is 27.9. The number of benzene rings is 4. The van der Waals surface area contributed by atoms with Crippen molar-refractivity contribution in [1.29, 1.82) is 0 Å². The van der Waals surface area contributed by atoms with Crippen molar-refractivity contribution in [3.8, 4) is 23.0 Å². The molecular formula is C74H112N2O13. The maximum atomic E-state index is 13.0. The van der Waals surface area contributed by atoms with Crippen molar-refractivity contribution >= 4 is 11.9 Å². The van der Waals surface area contributed by atoms with Crippen LogP contribution in [-0.4, -0.2) is 43.5 Å². The van der Waals surface area contributed by atoms with E-state index in [-0.39, 0.29) is 30.0 Å². The van der Waals surface area contributed by atoms with Gasteiger partial charge in [0.2, 0.25) is 0 Å². The Kier molecular flexibility index (Phi) is 30.8. The van der Waals surface area contributed by atoms with Crippen molar-refractivity contribution in [2.45, 2.75) is 276 Å². The van der Waals surface area contributed by atoms with Crippen LogP contribution in [0.3, 0.4) is 0 Å². The van der Waals surface area contributed by atoms with Gasteiger partial charge in [0.15, 0.2) is 0 Å². The smallest absolute Gasteiger partial charge is 0.343 e. The minimum Gasteiger partial charge on any atom is -0.507 e. The highest BCUT2D eigenvalue weighted by atomic mass is 17.0. The van der Waals surface area contributed by atoms with Gasteiger partial charge in [-0.3, -0.25) is 0 Å². The number of aromatic hydroxyl groups is 1. The van der Waals surface area contributed by atoms with Gasteiger partial charge in [0.25, 0.3) is 10.2 Å². The Hall–Kier alpha value is -6.38. The zero-order chi connectivity index (χ0) is 66.2. The number of phenols is 1. The fourth-order valence-corrected chi connectivity index (χ4v) is 12.6. The van der Waals surface area contributed by atoms with Gasteiger partial charge < -0.3 is 34.1 Å². The lowest BCUT2D eigenvalue weighted by molar-refractivity contribution is -0.763. The van der Waals surface area contributed by atoms with Crippen LogP contribution in [0.2, 0.25) is 0 Å². The number of ether oxygens (including phenoxy) is 3. The molecule has 0 spiro atoms. The lowest BCUT2D eigenvalue weighted by atomic mass is 9.83. The lowest BCUT2D eigenvalue weighted by Gasteiger charge is -2.38. The van der Waals surface area contributed by atoms with Gasteiger partial charge in [0.1, 0.15) is 47.4 Å². The fourth-order valence-electron chi connectivity index (χ4n) is 12.6. The normalized spacial score (nSPS) is 17.2. The number of fused-ring (bicyclic) bond motifs is 2. The van der Waals surface area contributed by atoms with Crippen molar-refractivity contribution in [3.63, 3.8) is 0 Å². The molecular weight excluding hydrogens is 1120 g/mol. The van der Waals surface area contributed by atoms with Gasteiger partial charge in [-0.1, -0.05) is 170 Å². The molecule has 6 rings (SSSR count). The standard InChI is InChI=1S/C37H55NO6.C29H50O2.C8H7NO5/c1-25(2)12-9-13-26(3)14-10-15-27(4)16-11-22-37(8)23-21-33-30(7)34(28(5)29(6)35(33)44-37)43-36(39)32-19-17-31(18-20-32)24-42-38(40)41;1-20(2)12-9-13-21(3)14-10-15-22(4)16-11-18-29(8)19-17-26-25(7)27(30)23(5)24(6)28(26)31-29;10-8(11)7-3-1-6(2-4-7)5-14-9(12)13/h17-20,25-27H,9-16,21-24H2,1-8H3;20-22,30H,9-19H2,1-8H3;1-4H,5H2,(H,10,11). The summed E-state index contributed by atoms with van der Waals surface area (Å²) in [4.78, 5) is 52.2. The number of nitrogens with zero attached hydrogens (tertiary/aromatic N) is 2. The predicted octanol–water partition coefficient (Wildman–Crippen LogP) is 20.0. The monoisotopic (exact) mass is 1240 g/mol. The van der Waals surface area contributed by atoms with E-state index in [1.165, 1.54) is 133 Å². The SMILES string of the molecule is Cc1c(C)c2c(c(C)c1O)CCC(C)(CCCC(C)CCCC(C)CCCC(C)C)O2.Cc1c(C)c2c(c(C)c1OC(=O)c1ccc(CO[N+](=O)[O-])cc1)CCC(C)(CCCC(C)CCCC(C)CCCC(C)C)O2.O=C(O)c1ccc(CO[N+](=O)[O-])cc1. The Morgan fingerprint density at radius 1 is 0.506 bits per heavy atom. The van der Waals surface area contributed by atoms with Gasteiger partial charge in [-0.25, -0.2) is 9.59 Å². The lowest BCUT2D eigenvalue weighted by Crippen LogP contribution is -2.37. The molecule has 0 saturated heterocycles. The van der Waals surface area contributed by atoms with E-state index in [9.17, 15) is 34.9 Å². The minimum atomic E-state index is -1.04. The molecule has 6 unspecified atom stereocenters. The van der Waals surface area contributed by atoms with Crippen LogP contribution in [0, 0.1) is 97.3 Å². The van der Waals surface area contributed by atoms with Gasteiger partial charge in [-0.05, 0) is 211 Å². The highest BCUT2D eigenvalue weighted by Gasteiger charge is 2.36. The average molecular weight is 1240 g/mol. The first-order valence-corrected chi connectivity index (χ1v) is 33.4. The number of hydrogen-bond acceptors (Lipinski definition) is 12. The molecule has 496 valence electrons. The zero-order valence-electron chi connectivity index (χ0n) is 57.3. The zero-order valence-corrected chi connectivity index (χ0v) is 57.3. The van der Waals surface area contributed by atoms with E-state index in [0.29, 0.717) is 28.2 Å². The van der Waals surface area contributed by atoms with Crippen LogP contribution in [0.4, 0.5) is 0 Å². The van der Waals surface area contributed by atoms with E-state index in [1.807, 2.05) is 34.6 Å². The molecule has 2 heterocycles. The van der Waals surface area contributed by atoms with Gasteiger partial charge in [-0.15, -0.1) is 20.2 Å². The Bertz CT molecular complexity index is 2880. The molecule has 0 radical (unpaired) electrons. The van der Waals surface area contributed by atoms with Crippen molar-refractivity contribution in [2.75, 3.05) is 0 Å². The molecule has 0 aromatic heterocycles. The molecule has 0 fully saturated rings. The van der Waals surface area contributed by atoms with E-state index in [2.05, 4.69) is 85.8 Å². The van der Waals surface area contributed by atoms with Crippen LogP contribution >= 0.6 is 0 Å². The average Bonchev–Trinajstić information content (AvgIpc) is 1.02. The summed E-state index contributed by atoms with van der Waals surface area (Å²) >= 11 is 0. The van der Waals surface area contributed by atoms with Crippen LogP contribution < -0.4 is 14.2 Å². The Morgan fingerprint density at radius 2 is 0.854 bits per heavy atom. The van der Waals surface area contributed by atoms with E-state index in [4.69, 9.17) is 19.3 Å². The maximum Gasteiger partial charge on any atom is 0.343 e. The third-order valence-corrected chi connectivity index (χ3v) is 19.0. The molecule has 0 aliphatic carbocycles. The molecule has 0 amide bonds. The van der Waals surface area contributed by atoms with E-state index in [0.717, 1.165) is 124 Å². The molecule has 0 bridgehead atoms. The molecule has 2 aliphatic heterocycles. The van der Waals surface area contributed by atoms with Crippen LogP contribution in [0.5, 0.6) is 23.0 Å². The van der Waals surface area contributed by atoms with E-state index < -0.39 is 22.1 Å². The summed E-state index contributed by atoms with van der Waals surface area (Å²) in [6.45, 7) is 35.3. The summed E-state index contributed by atoms with van der Waals surface area (Å²) in [5.74, 6) is 6.46. The molecule has 0 saturated carbocycles. The highest BCUT2D eigenvalue weighted by Crippen LogP contribution is 2.47. The number of carbonyl (C=O) groups is 2. The largest absolute Gasteiger partial charge is 0.507 e. The van der Waals surface area contributed by atoms with Crippen molar-refractivity contribution < 1.29 is 53.9 Å². The second kappa shape index (κ2) is 36.5. The predicted molar refractivity (Wildman–Crippen MR) is 355 cm³/mol. The molecule has 2 N–H and O–H groups in total. The summed E-state index contributed by atoms with van der Waals surface area (Å²) in [7, 11) is 0. The minimum absolute atomic E-state index is 0.0712. The maximum absolute atomic E-state index is 13.0. The second-order valence-electron chi connectivity index (χ2n) is 27.9. The fraction of sp³-hybridized carbons (Fsp3) is 0.649. The first-order valence-electron chi connectivity index (χ1n) is 33.4. The van der Waals surface area contributed by atoms with E-state index >= 15 is 0 Å². The van der Waals surface area contributed by atoms with Gasteiger partial charge >= 0.3 is 11.9 Å². The van der Waals surface area contributed by atoms with Crippen molar-refractivity contribution in [3.05, 3.63) is 136 Å². The van der Waals surface area contributed by atoms with Crippen molar-refractivity contribution in [1.82, 2.24) is 0 Å². The van der Waals surface area contributed by atoms with Gasteiger partial charge in [0, 0.05) is 11.1 Å². The first kappa shape index (κ1) is 75.1. The molecule has 15 heteroatoms. The van der Waals surface area contributed by atoms with Crippen LogP contribution in [0.25, 0.3) is 0 Å². The first-order chi connectivity index (χ1) is 41.9. The summed E-state index contributed by atoms with van der Waals surface area (Å²) in [6.07, 6.45) is 27.4. The Balaban J connectivity index is 0.000000324. The summed E-state index contributed by atoms with van der Waals surface area (Å²) in [6, 6.07) is 12.1. The summed E-state index contributed by atoms with van der Waals surface area (Å²) in [5.41, 5.74) is 9.68. The summed E-state index contributed by atoms with van der Waals surface area (Å²) < 4.78 is 19.3. The van der Waals surface area contributed by atoms with E-state index in [1.54, 1.807) is 24.3 Å². The van der Waals surface area contributed by atoms with Crippen LogP contribution in [-0.2, 0) is 35.7 Å². The topological polar surface area (TPSA) is 207 Å². The molecule has 89 heavy (non-hydrogen) atoms. The molecule has 15 nitrogen and oxygen atoms in total. The number of carboxylic acid groups (broad SMARTS) is 1. The number of phenolic OH excluding ortho intramolecular Hbond substituents is 1. The molecule has 6 atom stereocenters. The third-order valence-electron chi connectivity index (χ3n) is 19.0. The number of rotatable bonds is 33. The van der Waals surface area contributed by atoms with Crippen LogP contribution in [0.15, 0.2) is 48.5 Å². The molecule has 2 aliphatic rings. The highest BCUT2D eigenvalue weighted by molar-refractivity contribution is 5.91.